The van der Waals surface area contributed by atoms with Crippen molar-refractivity contribution in [2.75, 3.05) is 4.90 Å². The van der Waals surface area contributed by atoms with E-state index in [1.165, 1.54) is 29.8 Å². The molecule has 2 aliphatic rings. The second-order valence-corrected chi connectivity index (χ2v) is 7.78. The molecule has 0 aromatic heterocycles. The fourth-order valence-corrected chi connectivity index (χ4v) is 3.95. The fraction of sp³-hybridized carbons (Fsp3) is 0.579. The van der Waals surface area contributed by atoms with Crippen LogP contribution in [0, 0.1) is 11.8 Å². The molecule has 3 rings (SSSR count). The van der Waals surface area contributed by atoms with Crippen LogP contribution in [0.2, 0.25) is 0 Å². The average molecular weight is 269 g/mol. The Bertz CT molecular complexity index is 518. The van der Waals surface area contributed by atoms with Gasteiger partial charge in [-0.05, 0) is 54.7 Å². The van der Waals surface area contributed by atoms with Crippen molar-refractivity contribution in [1.29, 1.82) is 0 Å². The highest BCUT2D eigenvalue weighted by atomic mass is 15.2. The molecule has 3 unspecified atom stereocenters. The van der Waals surface area contributed by atoms with Crippen LogP contribution in [0.4, 0.5) is 5.69 Å². The fourth-order valence-electron chi connectivity index (χ4n) is 3.95. The molecular formula is C19H27N. The molecule has 1 fully saturated rings. The second kappa shape index (κ2) is 4.65. The van der Waals surface area contributed by atoms with E-state index >= 15 is 0 Å². The first-order chi connectivity index (χ1) is 9.36. The van der Waals surface area contributed by atoms with Crippen LogP contribution in [0.3, 0.4) is 0 Å². The average Bonchev–Trinajstić information content (AvgIpc) is 2.82. The van der Waals surface area contributed by atoms with E-state index in [9.17, 15) is 0 Å². The Labute approximate surface area is 123 Å². The van der Waals surface area contributed by atoms with Crippen LogP contribution < -0.4 is 4.90 Å². The summed E-state index contributed by atoms with van der Waals surface area (Å²) in [7, 11) is 0. The van der Waals surface area contributed by atoms with Crippen molar-refractivity contribution in [3.63, 3.8) is 0 Å². The van der Waals surface area contributed by atoms with Crippen molar-refractivity contribution in [2.45, 2.75) is 58.9 Å². The summed E-state index contributed by atoms with van der Waals surface area (Å²) in [4.78, 5) is 2.57. The van der Waals surface area contributed by atoms with Crippen LogP contribution in [0.15, 0.2) is 36.0 Å². The van der Waals surface area contributed by atoms with E-state index < -0.39 is 0 Å². The third-order valence-electron chi connectivity index (χ3n) is 4.99. The highest BCUT2D eigenvalue weighted by Gasteiger charge is 2.39. The molecule has 1 aromatic rings. The van der Waals surface area contributed by atoms with Gasteiger partial charge in [0.25, 0.3) is 0 Å². The minimum absolute atomic E-state index is 0.235. The van der Waals surface area contributed by atoms with Gasteiger partial charge in [0.2, 0.25) is 0 Å². The van der Waals surface area contributed by atoms with Crippen LogP contribution >= 0.6 is 0 Å². The number of allylic oxidation sites excluding steroid dienone is 1. The van der Waals surface area contributed by atoms with Crippen molar-refractivity contribution < 1.29 is 0 Å². The molecule has 1 aliphatic carbocycles. The van der Waals surface area contributed by atoms with Gasteiger partial charge in [-0.2, -0.15) is 0 Å². The van der Waals surface area contributed by atoms with Crippen molar-refractivity contribution >= 4 is 5.69 Å². The molecule has 0 N–H and O–H groups in total. The summed E-state index contributed by atoms with van der Waals surface area (Å²) in [6.07, 6.45) is 5.18. The van der Waals surface area contributed by atoms with E-state index in [4.69, 9.17) is 0 Å². The highest BCUT2D eigenvalue weighted by molar-refractivity contribution is 5.57. The summed E-state index contributed by atoms with van der Waals surface area (Å²) < 4.78 is 0. The SMILES string of the molecule is CC1=CC2CC(C)CC2N1c1ccc(C(C)(C)C)cc1. The summed E-state index contributed by atoms with van der Waals surface area (Å²) in [5, 5.41) is 0. The smallest absolute Gasteiger partial charge is 0.0411 e. The Hall–Kier alpha value is -1.24. The van der Waals surface area contributed by atoms with Gasteiger partial charge in [-0.1, -0.05) is 45.9 Å². The molecule has 0 radical (unpaired) electrons. The number of rotatable bonds is 1. The number of hydrogen-bond acceptors (Lipinski definition) is 1. The summed E-state index contributed by atoms with van der Waals surface area (Å²) in [6.45, 7) is 11.5. The van der Waals surface area contributed by atoms with Crippen molar-refractivity contribution in [3.05, 3.63) is 41.6 Å². The molecule has 1 aliphatic heterocycles. The Balaban J connectivity index is 1.88. The normalized spacial score (nSPS) is 29.6. The Morgan fingerprint density at radius 3 is 2.30 bits per heavy atom. The van der Waals surface area contributed by atoms with Crippen LogP contribution in [-0.2, 0) is 5.41 Å². The molecule has 1 aromatic carbocycles. The lowest BCUT2D eigenvalue weighted by Gasteiger charge is -2.29. The summed E-state index contributed by atoms with van der Waals surface area (Å²) in [5.41, 5.74) is 4.46. The highest BCUT2D eigenvalue weighted by Crippen LogP contribution is 2.44. The largest absolute Gasteiger partial charge is 0.342 e. The topological polar surface area (TPSA) is 3.24 Å². The number of benzene rings is 1. The Morgan fingerprint density at radius 1 is 1.05 bits per heavy atom. The van der Waals surface area contributed by atoms with Crippen molar-refractivity contribution in [3.8, 4) is 0 Å². The molecule has 0 saturated heterocycles. The first-order valence-electron chi connectivity index (χ1n) is 7.94. The Kier molecular flexibility index (Phi) is 3.19. The summed E-state index contributed by atoms with van der Waals surface area (Å²) >= 11 is 0. The number of nitrogens with zero attached hydrogens (tertiary/aromatic N) is 1. The van der Waals surface area contributed by atoms with Gasteiger partial charge in [0.1, 0.15) is 0 Å². The van der Waals surface area contributed by atoms with Crippen LogP contribution in [0.25, 0.3) is 0 Å². The molecule has 1 heteroatoms. The standard InChI is InChI=1S/C19H27N/c1-13-10-15-12-14(2)20(18(15)11-13)17-8-6-16(7-9-17)19(3,4)5/h6-9,12-13,15,18H,10-11H2,1-5H3. The van der Waals surface area contributed by atoms with E-state index in [0.29, 0.717) is 6.04 Å². The van der Waals surface area contributed by atoms with Crippen LogP contribution in [0.5, 0.6) is 0 Å². The maximum Gasteiger partial charge on any atom is 0.0411 e. The molecule has 20 heavy (non-hydrogen) atoms. The third kappa shape index (κ3) is 2.28. The number of anilines is 1. The maximum absolute atomic E-state index is 2.57. The summed E-state index contributed by atoms with van der Waals surface area (Å²) in [5.74, 6) is 1.64. The van der Waals surface area contributed by atoms with Gasteiger partial charge in [-0.3, -0.25) is 0 Å². The zero-order chi connectivity index (χ0) is 14.5. The minimum Gasteiger partial charge on any atom is -0.342 e. The van der Waals surface area contributed by atoms with Gasteiger partial charge in [0, 0.05) is 17.4 Å². The first kappa shape index (κ1) is 13.7. The number of hydrogen-bond donors (Lipinski definition) is 0. The van der Waals surface area contributed by atoms with Gasteiger partial charge in [0.15, 0.2) is 0 Å². The molecule has 3 atom stereocenters. The monoisotopic (exact) mass is 269 g/mol. The van der Waals surface area contributed by atoms with Gasteiger partial charge in [-0.15, -0.1) is 0 Å². The van der Waals surface area contributed by atoms with Gasteiger partial charge >= 0.3 is 0 Å². The molecule has 0 spiro atoms. The number of fused-ring (bicyclic) bond motifs is 1. The quantitative estimate of drug-likeness (QED) is 0.683. The lowest BCUT2D eigenvalue weighted by Crippen LogP contribution is -2.30. The van der Waals surface area contributed by atoms with E-state index in [1.807, 2.05) is 0 Å². The molecular weight excluding hydrogens is 242 g/mol. The zero-order valence-corrected chi connectivity index (χ0v) is 13.5. The van der Waals surface area contributed by atoms with E-state index in [0.717, 1.165) is 11.8 Å². The van der Waals surface area contributed by atoms with Crippen LogP contribution in [-0.4, -0.2) is 6.04 Å². The van der Waals surface area contributed by atoms with Gasteiger partial charge < -0.3 is 4.90 Å². The van der Waals surface area contributed by atoms with E-state index in [1.54, 1.807) is 0 Å². The lowest BCUT2D eigenvalue weighted by molar-refractivity contribution is 0.582. The zero-order valence-electron chi connectivity index (χ0n) is 13.5. The molecule has 0 bridgehead atoms. The minimum atomic E-state index is 0.235. The Morgan fingerprint density at radius 2 is 1.70 bits per heavy atom. The predicted molar refractivity (Wildman–Crippen MR) is 87.1 cm³/mol. The summed E-state index contributed by atoms with van der Waals surface area (Å²) in [6, 6.07) is 9.92. The maximum atomic E-state index is 2.57. The lowest BCUT2D eigenvalue weighted by atomic mass is 9.87. The third-order valence-corrected chi connectivity index (χ3v) is 4.99. The van der Waals surface area contributed by atoms with E-state index in [-0.39, 0.29) is 5.41 Å². The van der Waals surface area contributed by atoms with Gasteiger partial charge in [-0.25, -0.2) is 0 Å². The molecule has 0 amide bonds. The van der Waals surface area contributed by atoms with Gasteiger partial charge in [0.05, 0.1) is 0 Å². The first-order valence-corrected chi connectivity index (χ1v) is 7.94. The second-order valence-electron chi connectivity index (χ2n) is 7.78. The van der Waals surface area contributed by atoms with Crippen molar-refractivity contribution in [2.24, 2.45) is 11.8 Å². The predicted octanol–water partition coefficient (Wildman–Crippen LogP) is 5.12. The van der Waals surface area contributed by atoms with E-state index in [2.05, 4.69) is 69.9 Å². The van der Waals surface area contributed by atoms with Crippen LogP contribution in [0.1, 0.15) is 53.0 Å². The molecule has 1 nitrogen and oxygen atoms in total. The van der Waals surface area contributed by atoms with Crippen molar-refractivity contribution in [1.82, 2.24) is 0 Å². The molecule has 1 heterocycles. The molecule has 108 valence electrons. The molecule has 1 saturated carbocycles.